The molecule has 0 saturated carbocycles. The van der Waals surface area contributed by atoms with Crippen molar-refractivity contribution in [2.75, 3.05) is 7.05 Å². The minimum Gasteiger partial charge on any atom is -0.346 e. The third-order valence-electron chi connectivity index (χ3n) is 3.36. The van der Waals surface area contributed by atoms with Crippen molar-refractivity contribution in [3.63, 3.8) is 0 Å². The van der Waals surface area contributed by atoms with Crippen LogP contribution < -0.4 is 0 Å². The van der Waals surface area contributed by atoms with Gasteiger partial charge in [-0.2, -0.15) is 20.1 Å². The van der Waals surface area contributed by atoms with Gasteiger partial charge in [0.15, 0.2) is 0 Å². The second-order valence-corrected chi connectivity index (χ2v) is 6.08. The molecule has 0 fully saturated rings. The standard InChI is InChI=1S/C16H14BrF3N2O.C2H5.Pd/c1-10-7-13(17)5-3-12(10)9-22(2)15(23)11-4-6-14(21-8-11)16(18,19)20;1-2;/h3-8H,9H2,1-2H3;1H2,2H3;/q;-1;. The molecule has 0 saturated heterocycles. The monoisotopic (exact) mass is 521 g/mol. The zero-order valence-corrected chi connectivity index (χ0v) is 17.6. The van der Waals surface area contributed by atoms with Crippen molar-refractivity contribution in [2.24, 2.45) is 0 Å². The van der Waals surface area contributed by atoms with Gasteiger partial charge in [-0.05, 0) is 42.3 Å². The number of rotatable bonds is 3. The van der Waals surface area contributed by atoms with Crippen LogP contribution >= 0.6 is 15.9 Å². The van der Waals surface area contributed by atoms with Crippen LogP contribution in [0.2, 0.25) is 0 Å². The van der Waals surface area contributed by atoms with Crippen LogP contribution in [0.15, 0.2) is 41.0 Å². The normalized spacial score (nSPS) is 10.3. The van der Waals surface area contributed by atoms with E-state index in [0.29, 0.717) is 6.54 Å². The minimum atomic E-state index is -4.51. The summed E-state index contributed by atoms with van der Waals surface area (Å²) >= 11 is 3.37. The summed E-state index contributed by atoms with van der Waals surface area (Å²) in [7, 11) is 1.60. The molecule has 1 heterocycles. The third kappa shape index (κ3) is 6.82. The van der Waals surface area contributed by atoms with Gasteiger partial charge in [0.25, 0.3) is 5.91 Å². The summed E-state index contributed by atoms with van der Waals surface area (Å²) in [6.07, 6.45) is -3.56. The van der Waals surface area contributed by atoms with E-state index in [1.807, 2.05) is 25.1 Å². The maximum atomic E-state index is 12.5. The number of aryl methyl sites for hydroxylation is 1. The van der Waals surface area contributed by atoms with Crippen LogP contribution in [0, 0.1) is 13.8 Å². The maximum Gasteiger partial charge on any atom is 0.433 e. The molecular formula is C18H19BrF3N2OPd-. The Bertz CT molecular complexity index is 721. The Balaban J connectivity index is 0.00000201. The zero-order valence-electron chi connectivity index (χ0n) is 14.5. The fourth-order valence-corrected chi connectivity index (χ4v) is 2.55. The molecule has 0 bridgehead atoms. The molecule has 1 aromatic heterocycles. The van der Waals surface area contributed by atoms with E-state index < -0.39 is 11.9 Å². The number of pyridine rings is 1. The fourth-order valence-electron chi connectivity index (χ4n) is 2.07. The van der Waals surface area contributed by atoms with Crippen molar-refractivity contribution in [2.45, 2.75) is 26.6 Å². The summed E-state index contributed by atoms with van der Waals surface area (Å²) in [5.41, 5.74) is 1.09. The molecule has 1 aromatic carbocycles. The first-order chi connectivity index (χ1) is 11.7. The molecule has 3 nitrogen and oxygen atoms in total. The summed E-state index contributed by atoms with van der Waals surface area (Å²) in [6.45, 7) is 7.29. The molecule has 0 atom stereocenters. The Kier molecular flexibility index (Phi) is 10.3. The van der Waals surface area contributed by atoms with Gasteiger partial charge in [0.05, 0.1) is 5.56 Å². The first kappa shape index (κ1) is 24.8. The third-order valence-corrected chi connectivity index (χ3v) is 3.85. The van der Waals surface area contributed by atoms with Crippen LogP contribution in [0.25, 0.3) is 0 Å². The van der Waals surface area contributed by atoms with Gasteiger partial charge in [-0.25, -0.2) is 0 Å². The quantitative estimate of drug-likeness (QED) is 0.406. The van der Waals surface area contributed by atoms with Gasteiger partial charge in [0, 0.05) is 44.7 Å². The van der Waals surface area contributed by atoms with E-state index in [1.165, 1.54) is 4.90 Å². The Morgan fingerprint density at radius 3 is 2.31 bits per heavy atom. The van der Waals surface area contributed by atoms with Crippen LogP contribution in [0.1, 0.15) is 34.1 Å². The smallest absolute Gasteiger partial charge is 0.346 e. The summed E-state index contributed by atoms with van der Waals surface area (Å²) in [4.78, 5) is 17.0. The van der Waals surface area contributed by atoms with E-state index in [1.54, 1.807) is 14.0 Å². The first-order valence-electron chi connectivity index (χ1n) is 7.43. The van der Waals surface area contributed by atoms with Crippen LogP contribution in [-0.2, 0) is 33.1 Å². The van der Waals surface area contributed by atoms with Crippen molar-refractivity contribution in [1.82, 2.24) is 9.88 Å². The number of benzene rings is 1. The number of alkyl halides is 3. The number of amides is 1. The first-order valence-corrected chi connectivity index (χ1v) is 8.22. The topological polar surface area (TPSA) is 33.2 Å². The van der Waals surface area contributed by atoms with Gasteiger partial charge in [-0.1, -0.05) is 22.0 Å². The average molecular weight is 523 g/mol. The van der Waals surface area contributed by atoms with Crippen molar-refractivity contribution < 1.29 is 38.4 Å². The molecule has 0 aliphatic heterocycles. The Morgan fingerprint density at radius 2 is 1.85 bits per heavy atom. The number of carbonyl (C=O) groups excluding carboxylic acids is 1. The Hall–Kier alpha value is -1.23. The van der Waals surface area contributed by atoms with Crippen LogP contribution in [0.5, 0.6) is 0 Å². The van der Waals surface area contributed by atoms with Crippen LogP contribution in [0.3, 0.4) is 0 Å². The number of carbonyl (C=O) groups is 1. The predicted octanol–water partition coefficient (Wildman–Crippen LogP) is 5.28. The fraction of sp³-hybridized carbons (Fsp3) is 0.278. The number of hydrogen-bond donors (Lipinski definition) is 0. The summed E-state index contributed by atoms with van der Waals surface area (Å²) in [5.74, 6) is -0.381. The summed E-state index contributed by atoms with van der Waals surface area (Å²) in [5, 5.41) is 0. The minimum absolute atomic E-state index is 0. The molecule has 0 aliphatic carbocycles. The molecule has 1 amide bonds. The van der Waals surface area contributed by atoms with Crippen molar-refractivity contribution in [3.05, 3.63) is 70.3 Å². The van der Waals surface area contributed by atoms with Crippen LogP contribution in [0.4, 0.5) is 13.2 Å². The SMILES string of the molecule is Cc1cc(Br)ccc1CN(C)C(=O)c1ccc(C(F)(F)F)nc1.[CH2-]C.[Pd]. The molecule has 146 valence electrons. The van der Waals surface area contributed by atoms with Gasteiger partial charge < -0.3 is 11.8 Å². The molecular weight excluding hydrogens is 504 g/mol. The second kappa shape index (κ2) is 10.8. The van der Waals surface area contributed by atoms with Crippen molar-refractivity contribution >= 4 is 21.8 Å². The summed E-state index contributed by atoms with van der Waals surface area (Å²) < 4.78 is 38.4. The number of halogens is 4. The zero-order chi connectivity index (χ0) is 19.2. The molecule has 26 heavy (non-hydrogen) atoms. The van der Waals surface area contributed by atoms with E-state index in [4.69, 9.17) is 0 Å². The van der Waals surface area contributed by atoms with E-state index in [2.05, 4.69) is 27.8 Å². The predicted molar refractivity (Wildman–Crippen MR) is 94.9 cm³/mol. The van der Waals surface area contributed by atoms with Gasteiger partial charge in [0.1, 0.15) is 5.69 Å². The van der Waals surface area contributed by atoms with Gasteiger partial charge in [-0.15, -0.1) is 0 Å². The summed E-state index contributed by atoms with van der Waals surface area (Å²) in [6, 6.07) is 7.66. The number of hydrogen-bond acceptors (Lipinski definition) is 2. The number of aromatic nitrogens is 1. The molecule has 0 aliphatic rings. The number of nitrogens with zero attached hydrogens (tertiary/aromatic N) is 2. The van der Waals surface area contributed by atoms with Crippen LogP contribution in [-0.4, -0.2) is 22.8 Å². The Labute approximate surface area is 173 Å². The van der Waals surface area contributed by atoms with E-state index in [-0.39, 0.29) is 31.9 Å². The molecule has 8 heteroatoms. The van der Waals surface area contributed by atoms with Gasteiger partial charge >= 0.3 is 6.18 Å². The van der Waals surface area contributed by atoms with E-state index in [9.17, 15) is 18.0 Å². The Morgan fingerprint density at radius 1 is 1.23 bits per heavy atom. The molecule has 0 spiro atoms. The largest absolute Gasteiger partial charge is 0.433 e. The molecule has 2 aromatic rings. The molecule has 0 N–H and O–H groups in total. The second-order valence-electron chi connectivity index (χ2n) is 5.16. The van der Waals surface area contributed by atoms with E-state index in [0.717, 1.165) is 33.9 Å². The maximum absolute atomic E-state index is 12.5. The van der Waals surface area contributed by atoms with Gasteiger partial charge in [-0.3, -0.25) is 9.78 Å². The van der Waals surface area contributed by atoms with Crippen molar-refractivity contribution in [3.8, 4) is 0 Å². The molecule has 2 rings (SSSR count). The van der Waals surface area contributed by atoms with E-state index >= 15 is 0 Å². The average Bonchev–Trinajstić information content (AvgIpc) is 2.58. The molecule has 0 unspecified atom stereocenters. The molecule has 0 radical (unpaired) electrons. The van der Waals surface area contributed by atoms with Crippen molar-refractivity contribution in [1.29, 1.82) is 0 Å². The van der Waals surface area contributed by atoms with Gasteiger partial charge in [0.2, 0.25) is 0 Å².